The van der Waals surface area contributed by atoms with Crippen molar-refractivity contribution in [2.45, 2.75) is 20.0 Å². The fraction of sp³-hybridized carbons (Fsp3) is 0.286. The van der Waals surface area contributed by atoms with Crippen molar-refractivity contribution in [3.8, 4) is 0 Å². The summed E-state index contributed by atoms with van der Waals surface area (Å²) >= 11 is 0. The van der Waals surface area contributed by atoms with E-state index in [4.69, 9.17) is 10.5 Å². The molecule has 6 nitrogen and oxygen atoms in total. The molecule has 0 aliphatic heterocycles. The monoisotopic (exact) mass is 278 g/mol. The van der Waals surface area contributed by atoms with E-state index in [1.165, 1.54) is 14.0 Å². The Labute approximate surface area is 117 Å². The molecule has 0 saturated heterocycles. The SMILES string of the molecule is COC(=O)C(NC(=O)O[C@H](C)c1ccccc1)=C(C)N. The maximum atomic E-state index is 11.7. The molecule has 0 aliphatic carbocycles. The number of methoxy groups -OCH3 is 1. The second-order valence-electron chi connectivity index (χ2n) is 4.13. The zero-order chi connectivity index (χ0) is 15.1. The molecule has 20 heavy (non-hydrogen) atoms. The van der Waals surface area contributed by atoms with Gasteiger partial charge >= 0.3 is 12.1 Å². The van der Waals surface area contributed by atoms with E-state index in [9.17, 15) is 9.59 Å². The van der Waals surface area contributed by atoms with Gasteiger partial charge in [-0.25, -0.2) is 9.59 Å². The fourth-order valence-electron chi connectivity index (χ4n) is 1.50. The lowest BCUT2D eigenvalue weighted by molar-refractivity contribution is -0.136. The third kappa shape index (κ3) is 4.31. The highest BCUT2D eigenvalue weighted by Crippen LogP contribution is 2.16. The van der Waals surface area contributed by atoms with Crippen molar-refractivity contribution in [2.24, 2.45) is 5.73 Å². The molecule has 0 aromatic heterocycles. The van der Waals surface area contributed by atoms with Crippen LogP contribution in [-0.2, 0) is 14.3 Å². The zero-order valence-electron chi connectivity index (χ0n) is 11.7. The summed E-state index contributed by atoms with van der Waals surface area (Å²) in [4.78, 5) is 23.1. The number of esters is 1. The molecule has 0 unspecified atom stereocenters. The molecule has 1 aromatic carbocycles. The Morgan fingerprint density at radius 1 is 1.25 bits per heavy atom. The lowest BCUT2D eigenvalue weighted by Crippen LogP contribution is -2.31. The van der Waals surface area contributed by atoms with Crippen LogP contribution in [0.5, 0.6) is 0 Å². The standard InChI is InChI=1S/C14H18N2O4/c1-9(15)12(13(17)19-3)16-14(18)20-10(2)11-7-5-4-6-8-11/h4-8,10H,15H2,1-3H3,(H,16,18)/t10-/m1/s1. The van der Waals surface area contributed by atoms with Crippen molar-refractivity contribution in [3.63, 3.8) is 0 Å². The van der Waals surface area contributed by atoms with Crippen LogP contribution >= 0.6 is 0 Å². The van der Waals surface area contributed by atoms with Crippen molar-refractivity contribution >= 4 is 12.1 Å². The van der Waals surface area contributed by atoms with Gasteiger partial charge in [0.25, 0.3) is 0 Å². The third-order valence-corrected chi connectivity index (χ3v) is 2.56. The molecule has 1 amide bonds. The van der Waals surface area contributed by atoms with Gasteiger partial charge in [0.15, 0.2) is 0 Å². The molecule has 0 bridgehead atoms. The molecule has 0 aliphatic rings. The quantitative estimate of drug-likeness (QED) is 0.647. The lowest BCUT2D eigenvalue weighted by atomic mass is 10.1. The van der Waals surface area contributed by atoms with Crippen LogP contribution in [0.1, 0.15) is 25.5 Å². The smallest absolute Gasteiger partial charge is 0.412 e. The van der Waals surface area contributed by atoms with E-state index in [0.717, 1.165) is 5.56 Å². The second-order valence-corrected chi connectivity index (χ2v) is 4.13. The van der Waals surface area contributed by atoms with Crippen molar-refractivity contribution in [1.29, 1.82) is 0 Å². The normalized spacial score (nSPS) is 12.9. The van der Waals surface area contributed by atoms with E-state index < -0.39 is 18.2 Å². The number of carbonyl (C=O) groups is 2. The summed E-state index contributed by atoms with van der Waals surface area (Å²) in [6.45, 7) is 3.21. The fourth-order valence-corrected chi connectivity index (χ4v) is 1.50. The number of alkyl carbamates (subject to hydrolysis) is 1. The number of hydrogen-bond donors (Lipinski definition) is 2. The highest BCUT2D eigenvalue weighted by molar-refractivity contribution is 5.92. The predicted molar refractivity (Wildman–Crippen MR) is 73.4 cm³/mol. The molecule has 1 aromatic rings. The molecule has 0 saturated carbocycles. The van der Waals surface area contributed by atoms with Gasteiger partial charge in [-0.1, -0.05) is 30.3 Å². The van der Waals surface area contributed by atoms with Gasteiger partial charge in [-0.2, -0.15) is 0 Å². The van der Waals surface area contributed by atoms with Crippen LogP contribution in [-0.4, -0.2) is 19.2 Å². The summed E-state index contributed by atoms with van der Waals surface area (Å²) < 4.78 is 9.68. The van der Waals surface area contributed by atoms with Gasteiger partial charge in [-0.3, -0.25) is 5.32 Å². The molecule has 3 N–H and O–H groups in total. The summed E-state index contributed by atoms with van der Waals surface area (Å²) in [5, 5.41) is 2.29. The first-order valence-electron chi connectivity index (χ1n) is 6.03. The summed E-state index contributed by atoms with van der Waals surface area (Å²) in [6, 6.07) is 9.23. The zero-order valence-corrected chi connectivity index (χ0v) is 11.7. The van der Waals surface area contributed by atoms with Gasteiger partial charge in [0, 0.05) is 5.70 Å². The van der Waals surface area contributed by atoms with Gasteiger partial charge in [0.2, 0.25) is 0 Å². The molecule has 0 spiro atoms. The second kappa shape index (κ2) is 7.18. The van der Waals surface area contributed by atoms with Crippen LogP contribution in [0.25, 0.3) is 0 Å². The summed E-state index contributed by atoms with van der Waals surface area (Å²) in [7, 11) is 1.20. The van der Waals surface area contributed by atoms with E-state index in [1.807, 2.05) is 30.3 Å². The number of carbonyl (C=O) groups excluding carboxylic acids is 2. The summed E-state index contributed by atoms with van der Waals surface area (Å²) in [5.74, 6) is -0.727. The highest BCUT2D eigenvalue weighted by atomic mass is 16.6. The van der Waals surface area contributed by atoms with E-state index in [1.54, 1.807) is 6.92 Å². The first-order chi connectivity index (χ1) is 9.45. The van der Waals surface area contributed by atoms with Crippen LogP contribution in [0.3, 0.4) is 0 Å². The highest BCUT2D eigenvalue weighted by Gasteiger charge is 2.18. The first kappa shape index (κ1) is 15.6. The molecule has 1 rings (SSSR count). The van der Waals surface area contributed by atoms with Crippen molar-refractivity contribution < 1.29 is 19.1 Å². The summed E-state index contributed by atoms with van der Waals surface area (Å²) in [6.07, 6.45) is -1.22. The Kier molecular flexibility index (Phi) is 5.58. The van der Waals surface area contributed by atoms with Crippen molar-refractivity contribution in [2.75, 3.05) is 7.11 Å². The number of ether oxygens (including phenoxy) is 2. The molecule has 0 heterocycles. The van der Waals surface area contributed by atoms with E-state index in [0.29, 0.717) is 0 Å². The number of benzene rings is 1. The Balaban J connectivity index is 2.68. The van der Waals surface area contributed by atoms with E-state index >= 15 is 0 Å². The Morgan fingerprint density at radius 3 is 2.35 bits per heavy atom. The molecular formula is C14H18N2O4. The van der Waals surface area contributed by atoms with Gasteiger partial charge in [0.05, 0.1) is 7.11 Å². The van der Waals surface area contributed by atoms with Crippen LogP contribution in [0.4, 0.5) is 4.79 Å². The number of nitrogens with two attached hydrogens (primary N) is 1. The van der Waals surface area contributed by atoms with Gasteiger partial charge < -0.3 is 15.2 Å². The van der Waals surface area contributed by atoms with Crippen LogP contribution < -0.4 is 11.1 Å². The molecule has 0 fully saturated rings. The van der Waals surface area contributed by atoms with Gasteiger partial charge in [0.1, 0.15) is 11.8 Å². The number of allylic oxidation sites excluding steroid dienone is 1. The van der Waals surface area contributed by atoms with E-state index in [2.05, 4.69) is 10.1 Å². The van der Waals surface area contributed by atoms with E-state index in [-0.39, 0.29) is 11.4 Å². The van der Waals surface area contributed by atoms with Crippen molar-refractivity contribution in [1.82, 2.24) is 5.32 Å². The predicted octanol–water partition coefficient (Wildman–Crippen LogP) is 1.84. The average molecular weight is 278 g/mol. The first-order valence-corrected chi connectivity index (χ1v) is 6.03. The van der Waals surface area contributed by atoms with Crippen LogP contribution in [0.2, 0.25) is 0 Å². The number of amides is 1. The minimum atomic E-state index is -0.772. The van der Waals surface area contributed by atoms with Crippen molar-refractivity contribution in [3.05, 3.63) is 47.3 Å². The minimum Gasteiger partial charge on any atom is -0.464 e. The largest absolute Gasteiger partial charge is 0.464 e. The molecule has 6 heteroatoms. The maximum Gasteiger partial charge on any atom is 0.412 e. The Bertz CT molecular complexity index is 507. The lowest BCUT2D eigenvalue weighted by Gasteiger charge is -2.15. The molecule has 108 valence electrons. The maximum absolute atomic E-state index is 11.7. The number of nitrogens with one attached hydrogen (secondary N) is 1. The Hall–Kier alpha value is -2.50. The van der Waals surface area contributed by atoms with Crippen LogP contribution in [0, 0.1) is 0 Å². The van der Waals surface area contributed by atoms with Crippen LogP contribution in [0.15, 0.2) is 41.7 Å². The third-order valence-electron chi connectivity index (χ3n) is 2.56. The summed E-state index contributed by atoms with van der Waals surface area (Å²) in [5.41, 5.74) is 6.37. The molecule has 1 atom stereocenters. The minimum absolute atomic E-state index is 0.127. The topological polar surface area (TPSA) is 90.6 Å². The Morgan fingerprint density at radius 2 is 1.85 bits per heavy atom. The van der Waals surface area contributed by atoms with Gasteiger partial charge in [-0.05, 0) is 19.4 Å². The average Bonchev–Trinajstić information content (AvgIpc) is 2.44. The molecule has 0 radical (unpaired) electrons. The van der Waals surface area contributed by atoms with Gasteiger partial charge in [-0.15, -0.1) is 0 Å². The number of rotatable bonds is 4. The number of hydrogen-bond acceptors (Lipinski definition) is 5. The molecular weight excluding hydrogens is 260 g/mol.